The van der Waals surface area contributed by atoms with Crippen LogP contribution in [0.2, 0.25) is 0 Å². The van der Waals surface area contributed by atoms with E-state index in [0.29, 0.717) is 78.2 Å². The molecule has 2 aliphatic carbocycles. The molecule has 12 nitrogen and oxygen atoms in total. The van der Waals surface area contributed by atoms with Crippen molar-refractivity contribution < 1.29 is 48.3 Å². The van der Waals surface area contributed by atoms with Gasteiger partial charge in [0, 0.05) is 56.7 Å². The maximum atomic E-state index is 13.6. The number of methoxy groups -OCH3 is 2. The third-order valence-electron chi connectivity index (χ3n) is 13.0. The number of hydrogen-bond donors (Lipinski definition) is 2. The first-order valence-corrected chi connectivity index (χ1v) is 20.2. The number of piperidine rings is 1. The van der Waals surface area contributed by atoms with Crippen molar-refractivity contribution in [3.63, 3.8) is 0 Å². The molecule has 0 aromatic heterocycles. The molecule has 4 heterocycles. The number of aliphatic hydroxyl groups is 2. The Morgan fingerprint density at radius 3 is 2.79 bits per heavy atom. The highest BCUT2D eigenvalue weighted by molar-refractivity contribution is 6.11. The van der Waals surface area contributed by atoms with Gasteiger partial charge in [-0.2, -0.15) is 0 Å². The Balaban J connectivity index is 1.22. The number of benzene rings is 2. The van der Waals surface area contributed by atoms with Gasteiger partial charge in [-0.15, -0.1) is 0 Å². The molecule has 2 saturated carbocycles. The molecular weight excluding hydrogens is 716 g/mol. The zero-order chi connectivity index (χ0) is 39.1. The highest BCUT2D eigenvalue weighted by Crippen LogP contribution is 2.58. The molecule has 2 aromatic carbocycles. The van der Waals surface area contributed by atoms with Gasteiger partial charge in [0.1, 0.15) is 34.7 Å². The van der Waals surface area contributed by atoms with Crippen molar-refractivity contribution >= 4 is 29.7 Å². The maximum Gasteiger partial charge on any atom is 0.375 e. The first-order chi connectivity index (χ1) is 27.2. The molecule has 8 rings (SSSR count). The van der Waals surface area contributed by atoms with E-state index in [1.165, 1.54) is 0 Å². The molecule has 0 spiro atoms. The van der Waals surface area contributed by atoms with Crippen LogP contribution in [-0.4, -0.2) is 98.5 Å². The number of carbonyl (C=O) groups is 3. The maximum absolute atomic E-state index is 13.6. The molecule has 5 atom stereocenters. The van der Waals surface area contributed by atoms with Gasteiger partial charge in [-0.05, 0) is 86.7 Å². The van der Waals surface area contributed by atoms with E-state index in [1.807, 2.05) is 24.3 Å². The number of fused-ring (bicyclic) bond motifs is 4. The highest BCUT2D eigenvalue weighted by Gasteiger charge is 2.55. The second-order valence-electron chi connectivity index (χ2n) is 15.9. The number of ketones is 1. The number of esters is 1. The van der Waals surface area contributed by atoms with Crippen LogP contribution < -0.4 is 24.8 Å². The molecular formula is C44H52N2O10. The summed E-state index contributed by atoms with van der Waals surface area (Å²) in [7, 11) is 3.26. The zero-order valence-corrected chi connectivity index (χ0v) is 32.6. The van der Waals surface area contributed by atoms with Crippen molar-refractivity contribution in [3.05, 3.63) is 67.9 Å². The third-order valence-corrected chi connectivity index (χ3v) is 13.0. The second kappa shape index (κ2) is 15.9. The van der Waals surface area contributed by atoms with Gasteiger partial charge in [-0.1, -0.05) is 24.1 Å². The van der Waals surface area contributed by atoms with Gasteiger partial charge in [0.05, 0.1) is 48.9 Å². The standard InChI is InChI=1S/C44H52N2O10/c1-4-54-43(50)42-31(23-47)37(27-9-11-35(49)29(20-27)25-8-10-34-26(19-25)12-15-45-34)38-40(53-3)30-21-36(55-39(30)32(24-48)41(38)56-42)44(51)14-5-7-28-22-46(16-6-18-52-2)17-13-33(28)44/h8,10,12,19,23,28-29,33,36,48,51H,4-7,9,11,13-18,20-22,24H2,1-3H3. The van der Waals surface area contributed by atoms with Crippen LogP contribution in [0.15, 0.2) is 40.1 Å². The number of carbonyl (C=O) groups excluding carboxylic acids is 3. The lowest BCUT2D eigenvalue weighted by atomic mass is 9.63. The predicted molar refractivity (Wildman–Crippen MR) is 206 cm³/mol. The first-order valence-electron chi connectivity index (χ1n) is 20.2. The SMILES string of the molecule is CCOC(=O)C1=C(C=O)C(=C2CCC(=O)C(c3ccc4c(c3)=CCN=4)C2)c2c(OC)c3c(c(CO)c2O1)OC(C1(O)CCCC2CN(CCCOC)CCC21)C3. The topological polar surface area (TPSA) is 153 Å². The minimum atomic E-state index is -1.12. The molecule has 3 fully saturated rings. The fourth-order valence-corrected chi connectivity index (χ4v) is 10.4. The number of rotatable bonds is 11. The molecule has 12 heteroatoms. The van der Waals surface area contributed by atoms with E-state index in [0.717, 1.165) is 73.6 Å². The molecule has 2 aromatic rings. The number of aldehydes is 1. The smallest absolute Gasteiger partial charge is 0.375 e. The number of nitrogens with zero attached hydrogens (tertiary/aromatic N) is 2. The lowest BCUT2D eigenvalue weighted by Gasteiger charge is -2.51. The van der Waals surface area contributed by atoms with E-state index >= 15 is 0 Å². The quantitative estimate of drug-likeness (QED) is 0.196. The van der Waals surface area contributed by atoms with E-state index < -0.39 is 30.2 Å². The first kappa shape index (κ1) is 38.5. The highest BCUT2D eigenvalue weighted by atomic mass is 16.6. The molecule has 4 aliphatic heterocycles. The van der Waals surface area contributed by atoms with Crippen molar-refractivity contribution in [1.29, 1.82) is 0 Å². The van der Waals surface area contributed by atoms with E-state index in [1.54, 1.807) is 21.1 Å². The summed E-state index contributed by atoms with van der Waals surface area (Å²) in [6.07, 6.45) is 7.53. The Hall–Kier alpha value is -4.36. The number of allylic oxidation sites excluding steroid dienone is 3. The van der Waals surface area contributed by atoms with Gasteiger partial charge < -0.3 is 38.8 Å². The number of aliphatic hydroxyl groups excluding tert-OH is 1. The average molecular weight is 769 g/mol. The minimum absolute atomic E-state index is 0.00347. The number of Topliss-reactive ketones (excluding diaryl/α,β-unsaturated/α-hetero) is 1. The van der Waals surface area contributed by atoms with Gasteiger partial charge in [0.25, 0.3) is 0 Å². The van der Waals surface area contributed by atoms with Crippen LogP contribution in [0.5, 0.6) is 17.2 Å². The molecule has 0 bridgehead atoms. The van der Waals surface area contributed by atoms with Gasteiger partial charge in [0.2, 0.25) is 5.76 Å². The van der Waals surface area contributed by atoms with Gasteiger partial charge in [-0.3, -0.25) is 14.6 Å². The molecule has 0 radical (unpaired) electrons. The van der Waals surface area contributed by atoms with Crippen molar-refractivity contribution in [1.82, 2.24) is 4.90 Å². The van der Waals surface area contributed by atoms with E-state index in [4.69, 9.17) is 23.7 Å². The van der Waals surface area contributed by atoms with Crippen LogP contribution in [-0.2, 0) is 36.9 Å². The summed E-state index contributed by atoms with van der Waals surface area (Å²) in [4.78, 5) is 47.3. The minimum Gasteiger partial charge on any atom is -0.496 e. The predicted octanol–water partition coefficient (Wildman–Crippen LogP) is 3.49. The molecule has 5 unspecified atom stereocenters. The van der Waals surface area contributed by atoms with E-state index in [9.17, 15) is 24.6 Å². The Kier molecular flexibility index (Phi) is 10.9. The number of likely N-dealkylation sites (tertiary alicyclic amines) is 1. The number of hydrogen-bond acceptors (Lipinski definition) is 12. The fourth-order valence-electron chi connectivity index (χ4n) is 10.4. The van der Waals surface area contributed by atoms with Crippen molar-refractivity contribution in [2.45, 2.75) is 88.9 Å². The van der Waals surface area contributed by atoms with E-state index in [-0.39, 0.29) is 41.8 Å². The van der Waals surface area contributed by atoms with Crippen LogP contribution in [0.25, 0.3) is 11.6 Å². The average Bonchev–Trinajstić information content (AvgIpc) is 3.88. The van der Waals surface area contributed by atoms with Gasteiger partial charge >= 0.3 is 5.97 Å². The largest absolute Gasteiger partial charge is 0.496 e. The van der Waals surface area contributed by atoms with Crippen molar-refractivity contribution in [3.8, 4) is 17.2 Å². The van der Waals surface area contributed by atoms with E-state index in [2.05, 4.69) is 9.89 Å². The lowest BCUT2D eigenvalue weighted by molar-refractivity contribution is -0.151. The summed E-state index contributed by atoms with van der Waals surface area (Å²) in [6, 6.07) is 5.89. The summed E-state index contributed by atoms with van der Waals surface area (Å²) in [5.41, 5.74) is 2.37. The molecule has 56 heavy (non-hydrogen) atoms. The summed E-state index contributed by atoms with van der Waals surface area (Å²) in [6.45, 7) is 5.29. The number of ether oxygens (including phenoxy) is 5. The van der Waals surface area contributed by atoms with Crippen LogP contribution in [0.3, 0.4) is 0 Å². The summed E-state index contributed by atoms with van der Waals surface area (Å²) >= 11 is 0. The van der Waals surface area contributed by atoms with Gasteiger partial charge in [0.15, 0.2) is 6.29 Å². The Morgan fingerprint density at radius 1 is 1.16 bits per heavy atom. The van der Waals surface area contributed by atoms with Crippen molar-refractivity contribution in [2.24, 2.45) is 16.8 Å². The molecule has 2 N–H and O–H groups in total. The second-order valence-corrected chi connectivity index (χ2v) is 15.9. The lowest BCUT2D eigenvalue weighted by Crippen LogP contribution is -2.59. The summed E-state index contributed by atoms with van der Waals surface area (Å²) in [5, 5.41) is 25.7. The van der Waals surface area contributed by atoms with Crippen LogP contribution in [0.1, 0.15) is 86.5 Å². The Morgan fingerprint density at radius 2 is 2.02 bits per heavy atom. The van der Waals surface area contributed by atoms with Crippen LogP contribution in [0, 0.1) is 11.8 Å². The van der Waals surface area contributed by atoms with Crippen LogP contribution in [0.4, 0.5) is 0 Å². The third kappa shape index (κ3) is 6.58. The summed E-state index contributed by atoms with van der Waals surface area (Å²) in [5.74, 6) is -0.273. The molecule has 6 aliphatic rings. The Bertz CT molecular complexity index is 2120. The molecule has 0 amide bonds. The normalized spacial score (nSPS) is 28.2. The Labute approximate surface area is 326 Å². The molecule has 298 valence electrons. The molecule has 1 saturated heterocycles. The van der Waals surface area contributed by atoms with Crippen molar-refractivity contribution in [2.75, 3.05) is 53.6 Å². The summed E-state index contributed by atoms with van der Waals surface area (Å²) < 4.78 is 30.0. The monoisotopic (exact) mass is 768 g/mol. The fraction of sp³-hybridized carbons (Fsp3) is 0.545. The zero-order valence-electron chi connectivity index (χ0n) is 32.6. The van der Waals surface area contributed by atoms with Gasteiger partial charge in [-0.25, -0.2) is 4.79 Å². The van der Waals surface area contributed by atoms with Crippen LogP contribution >= 0.6 is 0 Å².